The first-order valence-electron chi connectivity index (χ1n) is 6.42. The van der Waals surface area contributed by atoms with Crippen LogP contribution in [0.5, 0.6) is 0 Å². The van der Waals surface area contributed by atoms with E-state index in [-0.39, 0.29) is 6.10 Å². The zero-order valence-electron chi connectivity index (χ0n) is 11.0. The fraction of sp³-hybridized carbons (Fsp3) is 0.462. The first-order chi connectivity index (χ1) is 9.54. The van der Waals surface area contributed by atoms with Crippen molar-refractivity contribution in [3.8, 4) is 0 Å². The van der Waals surface area contributed by atoms with Crippen LogP contribution >= 0.6 is 35.4 Å². The summed E-state index contributed by atoms with van der Waals surface area (Å²) in [6.07, 6.45) is 0.133. The molecule has 1 unspecified atom stereocenters. The maximum atomic E-state index is 6.10. The number of fused-ring (bicyclic) bond motifs is 1. The molecule has 20 heavy (non-hydrogen) atoms. The quantitative estimate of drug-likeness (QED) is 0.857. The Kier molecular flexibility index (Phi) is 4.06. The molecule has 0 spiro atoms. The molecule has 1 N–H and O–H groups in total. The highest BCUT2D eigenvalue weighted by Gasteiger charge is 2.19. The number of rotatable bonds is 2. The molecule has 2 heterocycles. The second-order valence-corrected chi connectivity index (χ2v) is 6.28. The van der Waals surface area contributed by atoms with Gasteiger partial charge in [0.2, 0.25) is 0 Å². The van der Waals surface area contributed by atoms with E-state index in [2.05, 4.69) is 16.9 Å². The van der Waals surface area contributed by atoms with Gasteiger partial charge >= 0.3 is 0 Å². The van der Waals surface area contributed by atoms with Gasteiger partial charge in [0.1, 0.15) is 0 Å². The third kappa shape index (κ3) is 2.73. The van der Waals surface area contributed by atoms with E-state index in [1.165, 1.54) is 0 Å². The lowest BCUT2D eigenvalue weighted by atomic mass is 10.2. The zero-order chi connectivity index (χ0) is 14.3. The van der Waals surface area contributed by atoms with Gasteiger partial charge in [-0.3, -0.25) is 0 Å². The van der Waals surface area contributed by atoms with E-state index >= 15 is 0 Å². The fourth-order valence-corrected chi connectivity index (χ4v) is 3.12. The molecule has 0 saturated carbocycles. The molecule has 1 fully saturated rings. The second kappa shape index (κ2) is 5.66. The number of nitrogens with one attached hydrogen (secondary N) is 1. The molecular formula is C13H15Cl2N3OS. The molecule has 1 aromatic heterocycles. The molecule has 1 aromatic carbocycles. The van der Waals surface area contributed by atoms with Crippen LogP contribution in [-0.4, -0.2) is 47.3 Å². The SMILES string of the molecule is CN1CCOC(Cn2c(=S)[nH]c3cc(Cl)c(Cl)cc32)C1. The number of aromatic amines is 1. The highest BCUT2D eigenvalue weighted by Crippen LogP contribution is 2.28. The molecule has 7 heteroatoms. The Morgan fingerprint density at radius 1 is 1.40 bits per heavy atom. The number of hydrogen-bond donors (Lipinski definition) is 1. The van der Waals surface area contributed by atoms with Crippen molar-refractivity contribution in [2.24, 2.45) is 0 Å². The van der Waals surface area contributed by atoms with E-state index in [1.807, 2.05) is 10.6 Å². The minimum atomic E-state index is 0.133. The number of likely N-dealkylation sites (N-methyl/N-ethyl adjacent to an activating group) is 1. The summed E-state index contributed by atoms with van der Waals surface area (Å²) in [5.41, 5.74) is 1.86. The molecule has 0 aliphatic carbocycles. The summed E-state index contributed by atoms with van der Waals surface area (Å²) in [6.45, 7) is 3.33. The summed E-state index contributed by atoms with van der Waals surface area (Å²) in [4.78, 5) is 5.42. The van der Waals surface area contributed by atoms with Crippen LogP contribution in [0.4, 0.5) is 0 Å². The first-order valence-corrected chi connectivity index (χ1v) is 7.58. The van der Waals surface area contributed by atoms with E-state index in [9.17, 15) is 0 Å². The predicted molar refractivity (Wildman–Crippen MR) is 84.4 cm³/mol. The summed E-state index contributed by atoms with van der Waals surface area (Å²) in [5, 5.41) is 1.06. The molecule has 1 aliphatic heterocycles. The van der Waals surface area contributed by atoms with Gasteiger partial charge in [0.25, 0.3) is 0 Å². The van der Waals surface area contributed by atoms with Crippen LogP contribution in [0.25, 0.3) is 11.0 Å². The van der Waals surface area contributed by atoms with Crippen molar-refractivity contribution in [1.82, 2.24) is 14.5 Å². The van der Waals surface area contributed by atoms with Gasteiger partial charge < -0.3 is 19.2 Å². The van der Waals surface area contributed by atoms with Gasteiger partial charge in [0.15, 0.2) is 4.77 Å². The van der Waals surface area contributed by atoms with Crippen LogP contribution in [-0.2, 0) is 11.3 Å². The normalized spacial score (nSPS) is 20.6. The molecule has 4 nitrogen and oxygen atoms in total. The lowest BCUT2D eigenvalue weighted by Crippen LogP contribution is -2.41. The minimum Gasteiger partial charge on any atom is -0.374 e. The minimum absolute atomic E-state index is 0.133. The highest BCUT2D eigenvalue weighted by atomic mass is 35.5. The Morgan fingerprint density at radius 3 is 2.90 bits per heavy atom. The Bertz CT molecular complexity index is 697. The molecule has 2 aromatic rings. The Hall–Kier alpha value is -0.590. The molecule has 1 atom stereocenters. The number of aromatic nitrogens is 2. The van der Waals surface area contributed by atoms with Crippen molar-refractivity contribution in [2.45, 2.75) is 12.6 Å². The predicted octanol–water partition coefficient (Wildman–Crippen LogP) is 3.34. The van der Waals surface area contributed by atoms with E-state index < -0.39 is 0 Å². The molecule has 108 valence electrons. The number of nitrogens with zero attached hydrogens (tertiary/aromatic N) is 2. The third-order valence-electron chi connectivity index (χ3n) is 3.54. The number of H-pyrrole nitrogens is 1. The van der Waals surface area contributed by atoms with Gasteiger partial charge in [0.05, 0.1) is 40.3 Å². The van der Waals surface area contributed by atoms with Gasteiger partial charge in [-0.2, -0.15) is 0 Å². The Balaban J connectivity index is 1.96. The molecule has 0 amide bonds. The molecule has 0 bridgehead atoms. The van der Waals surface area contributed by atoms with Crippen LogP contribution in [0, 0.1) is 4.77 Å². The summed E-state index contributed by atoms with van der Waals surface area (Å²) in [6, 6.07) is 3.65. The first kappa shape index (κ1) is 14.4. The van der Waals surface area contributed by atoms with Gasteiger partial charge in [0, 0.05) is 13.1 Å². The van der Waals surface area contributed by atoms with Crippen molar-refractivity contribution < 1.29 is 4.74 Å². The third-order valence-corrected chi connectivity index (χ3v) is 4.59. The maximum absolute atomic E-state index is 6.10. The average Bonchev–Trinajstić information content (AvgIpc) is 2.67. The molecule has 1 saturated heterocycles. The number of hydrogen-bond acceptors (Lipinski definition) is 3. The standard InChI is InChI=1S/C13H15Cl2N3OS/c1-17-2-3-19-8(6-17)7-18-12-5-10(15)9(14)4-11(12)16-13(18)20/h4-5,8H,2-3,6-7H2,1H3,(H,16,20). The van der Waals surface area contributed by atoms with Gasteiger partial charge in [-0.15, -0.1) is 0 Å². The Morgan fingerprint density at radius 2 is 2.15 bits per heavy atom. The van der Waals surface area contributed by atoms with Gasteiger partial charge in [-0.05, 0) is 31.4 Å². The topological polar surface area (TPSA) is 33.2 Å². The van der Waals surface area contributed by atoms with Crippen LogP contribution in [0.15, 0.2) is 12.1 Å². The van der Waals surface area contributed by atoms with Crippen LogP contribution < -0.4 is 0 Å². The molecular weight excluding hydrogens is 317 g/mol. The largest absolute Gasteiger partial charge is 0.374 e. The lowest BCUT2D eigenvalue weighted by Gasteiger charge is -2.30. The molecule has 3 rings (SSSR count). The number of halogens is 2. The van der Waals surface area contributed by atoms with Crippen molar-refractivity contribution in [3.05, 3.63) is 26.9 Å². The molecule has 1 aliphatic rings. The monoisotopic (exact) mass is 331 g/mol. The van der Waals surface area contributed by atoms with Crippen molar-refractivity contribution in [3.63, 3.8) is 0 Å². The van der Waals surface area contributed by atoms with E-state index in [1.54, 1.807) is 6.07 Å². The summed E-state index contributed by atoms with van der Waals surface area (Å²) in [7, 11) is 2.10. The van der Waals surface area contributed by atoms with Crippen LogP contribution in [0.3, 0.4) is 0 Å². The van der Waals surface area contributed by atoms with E-state index in [0.29, 0.717) is 21.4 Å². The number of ether oxygens (including phenoxy) is 1. The van der Waals surface area contributed by atoms with E-state index in [0.717, 1.165) is 30.7 Å². The van der Waals surface area contributed by atoms with Crippen LogP contribution in [0.2, 0.25) is 10.0 Å². The Labute approximate surface area is 132 Å². The summed E-state index contributed by atoms with van der Waals surface area (Å²) >= 11 is 17.5. The average molecular weight is 332 g/mol. The van der Waals surface area contributed by atoms with Crippen molar-refractivity contribution in [2.75, 3.05) is 26.7 Å². The second-order valence-electron chi connectivity index (χ2n) is 5.08. The van der Waals surface area contributed by atoms with Crippen molar-refractivity contribution in [1.29, 1.82) is 0 Å². The molecule has 0 radical (unpaired) electrons. The smallest absolute Gasteiger partial charge is 0.178 e. The highest BCUT2D eigenvalue weighted by molar-refractivity contribution is 7.71. The van der Waals surface area contributed by atoms with E-state index in [4.69, 9.17) is 40.2 Å². The van der Waals surface area contributed by atoms with Gasteiger partial charge in [-0.25, -0.2) is 0 Å². The number of morpholine rings is 1. The summed E-state index contributed by atoms with van der Waals surface area (Å²) < 4.78 is 8.48. The zero-order valence-corrected chi connectivity index (χ0v) is 13.4. The summed E-state index contributed by atoms with van der Waals surface area (Å²) in [5.74, 6) is 0. The number of benzene rings is 1. The lowest BCUT2D eigenvalue weighted by molar-refractivity contribution is -0.0271. The fourth-order valence-electron chi connectivity index (χ4n) is 2.51. The van der Waals surface area contributed by atoms with Crippen LogP contribution in [0.1, 0.15) is 0 Å². The van der Waals surface area contributed by atoms with Gasteiger partial charge in [-0.1, -0.05) is 23.2 Å². The number of imidazole rings is 1. The van der Waals surface area contributed by atoms with Crippen molar-refractivity contribution >= 4 is 46.5 Å². The maximum Gasteiger partial charge on any atom is 0.178 e.